The topological polar surface area (TPSA) is 40.5 Å². The van der Waals surface area contributed by atoms with Crippen LogP contribution in [-0.4, -0.2) is 38.1 Å². The number of carbonyl (C=O) groups is 1. The Morgan fingerprint density at radius 1 is 1.21 bits per heavy atom. The summed E-state index contributed by atoms with van der Waals surface area (Å²) in [5.74, 6) is 0.125. The lowest BCUT2D eigenvalue weighted by atomic mass is 9.94. The van der Waals surface area contributed by atoms with Gasteiger partial charge in [-0.05, 0) is 30.0 Å². The van der Waals surface area contributed by atoms with E-state index in [2.05, 4.69) is 12.1 Å². The van der Waals surface area contributed by atoms with Crippen LogP contribution in [0.5, 0.6) is 0 Å². The Morgan fingerprint density at radius 3 is 2.46 bits per heavy atom. The highest BCUT2D eigenvalue weighted by atomic mass is 32.2. The zero-order chi connectivity index (χ0) is 20.1. The van der Waals surface area contributed by atoms with Crippen molar-refractivity contribution in [2.45, 2.75) is 32.4 Å². The summed E-state index contributed by atoms with van der Waals surface area (Å²) in [4.78, 5) is 14.9. The summed E-state index contributed by atoms with van der Waals surface area (Å²) in [6.45, 7) is 3.64. The maximum atomic E-state index is 13.2. The molecule has 0 aliphatic carbocycles. The van der Waals surface area contributed by atoms with Crippen molar-refractivity contribution in [1.29, 1.82) is 0 Å². The van der Waals surface area contributed by atoms with Crippen molar-refractivity contribution >= 4 is 40.3 Å². The summed E-state index contributed by atoms with van der Waals surface area (Å²) < 4.78 is 0.606. The van der Waals surface area contributed by atoms with Gasteiger partial charge in [-0.2, -0.15) is 0 Å². The maximum Gasteiger partial charge on any atom is 0.234 e. The monoisotopic (exact) mass is 411 g/mol. The van der Waals surface area contributed by atoms with Gasteiger partial charge >= 0.3 is 0 Å². The van der Waals surface area contributed by atoms with Gasteiger partial charge in [0.05, 0.1) is 18.1 Å². The van der Waals surface area contributed by atoms with Crippen molar-refractivity contribution in [2.75, 3.05) is 5.75 Å². The van der Waals surface area contributed by atoms with Crippen molar-refractivity contribution in [3.05, 3.63) is 77.4 Å². The van der Waals surface area contributed by atoms with Crippen LogP contribution in [0.3, 0.4) is 0 Å². The Morgan fingerprint density at radius 2 is 1.82 bits per heavy atom. The molecule has 5 heteroatoms. The molecule has 146 valence electrons. The lowest BCUT2D eigenvalue weighted by Crippen LogP contribution is -2.45. The van der Waals surface area contributed by atoms with Crippen LogP contribution in [-0.2, 0) is 11.2 Å². The second-order valence-electron chi connectivity index (χ2n) is 7.16. The number of amides is 1. The highest BCUT2D eigenvalue weighted by molar-refractivity contribution is 8.23. The number of rotatable bonds is 6. The van der Waals surface area contributed by atoms with Crippen molar-refractivity contribution in [3.63, 3.8) is 0 Å². The van der Waals surface area contributed by atoms with Gasteiger partial charge in [-0.15, -0.1) is 0 Å². The second kappa shape index (κ2) is 9.50. The van der Waals surface area contributed by atoms with Gasteiger partial charge in [0.1, 0.15) is 4.32 Å². The third kappa shape index (κ3) is 4.90. The molecule has 1 saturated heterocycles. The molecule has 1 fully saturated rings. The number of thioether (sulfide) groups is 1. The predicted molar refractivity (Wildman–Crippen MR) is 121 cm³/mol. The molecule has 0 saturated carbocycles. The number of hydrogen-bond acceptors (Lipinski definition) is 4. The van der Waals surface area contributed by atoms with E-state index in [0.717, 1.165) is 23.3 Å². The molecule has 0 bridgehead atoms. The van der Waals surface area contributed by atoms with Gasteiger partial charge in [0.25, 0.3) is 0 Å². The van der Waals surface area contributed by atoms with E-state index in [4.69, 9.17) is 12.2 Å². The Hall–Kier alpha value is -1.95. The Kier molecular flexibility index (Phi) is 7.05. The summed E-state index contributed by atoms with van der Waals surface area (Å²) in [5.41, 5.74) is 2.96. The SMILES string of the molecule is C/C(=C\c1ccccc1)[C@H](O)[C@H](C)C(=O)N1C(=S)SC[C@@H]1Cc1ccccc1. The van der Waals surface area contributed by atoms with E-state index in [1.165, 1.54) is 5.56 Å². The molecule has 1 aliphatic heterocycles. The van der Waals surface area contributed by atoms with Crippen molar-refractivity contribution < 1.29 is 9.90 Å². The van der Waals surface area contributed by atoms with E-state index < -0.39 is 12.0 Å². The molecule has 0 spiro atoms. The largest absolute Gasteiger partial charge is 0.388 e. The van der Waals surface area contributed by atoms with Crippen LogP contribution in [0, 0.1) is 5.92 Å². The summed E-state index contributed by atoms with van der Waals surface area (Å²) in [6, 6.07) is 20.0. The first kappa shape index (κ1) is 20.8. The van der Waals surface area contributed by atoms with Crippen LogP contribution in [0.4, 0.5) is 0 Å². The molecule has 3 rings (SSSR count). The number of aliphatic hydroxyl groups is 1. The van der Waals surface area contributed by atoms with E-state index >= 15 is 0 Å². The van der Waals surface area contributed by atoms with Gasteiger partial charge in [0.2, 0.25) is 5.91 Å². The average molecular weight is 412 g/mol. The number of hydrogen-bond donors (Lipinski definition) is 1. The molecule has 2 aromatic rings. The van der Waals surface area contributed by atoms with Gasteiger partial charge in [0.15, 0.2) is 0 Å². The second-order valence-corrected chi connectivity index (χ2v) is 8.82. The number of nitrogens with zero attached hydrogens (tertiary/aromatic N) is 1. The molecule has 1 amide bonds. The van der Waals surface area contributed by atoms with Crippen LogP contribution >= 0.6 is 24.0 Å². The zero-order valence-electron chi connectivity index (χ0n) is 16.1. The molecule has 3 nitrogen and oxygen atoms in total. The normalized spacial score (nSPS) is 19.5. The van der Waals surface area contributed by atoms with Crippen LogP contribution in [0.1, 0.15) is 25.0 Å². The van der Waals surface area contributed by atoms with E-state index in [1.54, 1.807) is 23.6 Å². The Balaban J connectivity index is 1.73. The first-order chi connectivity index (χ1) is 13.5. The standard InChI is InChI=1S/C23H25NO2S2/c1-16(13-18-9-5-3-6-10-18)21(25)17(2)22(26)24-20(15-28-23(24)27)14-19-11-7-4-8-12-19/h3-13,17,20-21,25H,14-15H2,1-2H3/b16-13+/t17-,20-,21-/m0/s1. The van der Waals surface area contributed by atoms with Crippen LogP contribution in [0.2, 0.25) is 0 Å². The molecule has 0 unspecified atom stereocenters. The third-order valence-electron chi connectivity index (χ3n) is 5.04. The first-order valence-corrected chi connectivity index (χ1v) is 10.8. The molecule has 1 aliphatic rings. The third-order valence-corrected chi connectivity index (χ3v) is 6.58. The number of thiocarbonyl (C=S) groups is 1. The highest BCUT2D eigenvalue weighted by Gasteiger charge is 2.38. The maximum absolute atomic E-state index is 13.2. The average Bonchev–Trinajstić information content (AvgIpc) is 3.07. The number of benzene rings is 2. The summed E-state index contributed by atoms with van der Waals surface area (Å²) >= 11 is 7.00. The number of aliphatic hydroxyl groups excluding tert-OH is 1. The van der Waals surface area contributed by atoms with E-state index in [0.29, 0.717) is 4.32 Å². The molecular weight excluding hydrogens is 386 g/mol. The summed E-state index contributed by atoms with van der Waals surface area (Å²) in [7, 11) is 0. The Bertz CT molecular complexity index is 851. The van der Waals surface area contributed by atoms with Crippen molar-refractivity contribution in [2.24, 2.45) is 5.92 Å². The van der Waals surface area contributed by atoms with E-state index in [1.807, 2.05) is 61.5 Å². The fourth-order valence-corrected chi connectivity index (χ4v) is 4.84. The highest BCUT2D eigenvalue weighted by Crippen LogP contribution is 2.30. The van der Waals surface area contributed by atoms with Crippen LogP contribution in [0.25, 0.3) is 6.08 Å². The van der Waals surface area contributed by atoms with Gasteiger partial charge in [-0.25, -0.2) is 0 Å². The smallest absolute Gasteiger partial charge is 0.234 e. The quantitative estimate of drug-likeness (QED) is 0.708. The Labute approximate surface area is 176 Å². The minimum Gasteiger partial charge on any atom is -0.388 e. The van der Waals surface area contributed by atoms with Gasteiger partial charge in [-0.1, -0.05) is 97.6 Å². The molecule has 1 N–H and O–H groups in total. The first-order valence-electron chi connectivity index (χ1n) is 9.42. The molecule has 0 radical (unpaired) electrons. The molecule has 3 atom stereocenters. The zero-order valence-corrected chi connectivity index (χ0v) is 17.7. The lowest BCUT2D eigenvalue weighted by molar-refractivity contribution is -0.134. The molecule has 0 aromatic heterocycles. The minimum absolute atomic E-state index is 0.0282. The molecule has 2 aromatic carbocycles. The van der Waals surface area contributed by atoms with Crippen LogP contribution in [0.15, 0.2) is 66.2 Å². The van der Waals surface area contributed by atoms with E-state index in [-0.39, 0.29) is 11.9 Å². The van der Waals surface area contributed by atoms with Crippen LogP contribution < -0.4 is 0 Å². The minimum atomic E-state index is -0.849. The summed E-state index contributed by atoms with van der Waals surface area (Å²) in [5, 5.41) is 10.8. The summed E-state index contributed by atoms with van der Waals surface area (Å²) in [6.07, 6.45) is 1.84. The predicted octanol–water partition coefficient (Wildman–Crippen LogP) is 4.56. The molecular formula is C23H25NO2S2. The van der Waals surface area contributed by atoms with Crippen molar-refractivity contribution in [1.82, 2.24) is 4.90 Å². The van der Waals surface area contributed by atoms with E-state index in [9.17, 15) is 9.90 Å². The van der Waals surface area contributed by atoms with Gasteiger partial charge in [0, 0.05) is 5.75 Å². The van der Waals surface area contributed by atoms with Gasteiger partial charge in [-0.3, -0.25) is 9.69 Å². The fraction of sp³-hybridized carbons (Fsp3) is 0.304. The fourth-order valence-electron chi connectivity index (χ4n) is 3.41. The number of carbonyl (C=O) groups excluding carboxylic acids is 1. The van der Waals surface area contributed by atoms with Gasteiger partial charge < -0.3 is 5.11 Å². The lowest BCUT2D eigenvalue weighted by Gasteiger charge is -2.29. The molecule has 1 heterocycles. The van der Waals surface area contributed by atoms with Crippen molar-refractivity contribution in [3.8, 4) is 0 Å². The molecule has 28 heavy (non-hydrogen) atoms.